The van der Waals surface area contributed by atoms with Crippen molar-refractivity contribution in [2.45, 2.75) is 31.6 Å². The van der Waals surface area contributed by atoms with Gasteiger partial charge in [0.2, 0.25) is 5.82 Å². The molecule has 0 aliphatic heterocycles. The third kappa shape index (κ3) is 3.93. The van der Waals surface area contributed by atoms with Gasteiger partial charge >= 0.3 is 6.18 Å². The molecule has 1 saturated carbocycles. The lowest BCUT2D eigenvalue weighted by Gasteiger charge is -2.13. The van der Waals surface area contributed by atoms with Crippen molar-refractivity contribution >= 4 is 16.7 Å². The minimum absolute atomic E-state index is 0.0491. The zero-order chi connectivity index (χ0) is 22.5. The smallest absolute Gasteiger partial charge is 0.451 e. The molecule has 1 aliphatic carbocycles. The van der Waals surface area contributed by atoms with Crippen molar-refractivity contribution in [1.82, 2.24) is 14.5 Å². The second kappa shape index (κ2) is 7.44. The Labute approximate surface area is 181 Å². The van der Waals surface area contributed by atoms with Crippen LogP contribution in [0, 0.1) is 0 Å². The van der Waals surface area contributed by atoms with E-state index in [0.29, 0.717) is 5.39 Å². The standard InChI is InChI=1S/C23H19F3N4O2/c24-23(25,26)22-28-18-7-4-15(11-17(18)21(29-22)27-16-5-6-16)14-3-1-2-13(10-14)12-30-19(31)8-9-20(30)32/h1-4,7-11,16,31-32H,5-6,12H2,(H,27,28,29). The highest BCUT2D eigenvalue weighted by molar-refractivity contribution is 5.93. The molecule has 4 aromatic rings. The SMILES string of the molecule is Oc1ccc(O)n1Cc1cccc(-c2ccc3nc(C(F)(F)F)nc(NC4CC4)c3c2)c1. The second-order valence-electron chi connectivity index (χ2n) is 7.88. The Morgan fingerprint density at radius 2 is 1.66 bits per heavy atom. The summed E-state index contributed by atoms with van der Waals surface area (Å²) >= 11 is 0. The minimum atomic E-state index is -4.63. The Morgan fingerprint density at radius 3 is 2.34 bits per heavy atom. The lowest BCUT2D eigenvalue weighted by atomic mass is 10.0. The van der Waals surface area contributed by atoms with Crippen LogP contribution in [0.2, 0.25) is 0 Å². The number of nitrogens with zero attached hydrogens (tertiary/aromatic N) is 3. The molecular formula is C23H19F3N4O2. The van der Waals surface area contributed by atoms with Crippen LogP contribution in [0.25, 0.3) is 22.0 Å². The number of hydrogen-bond acceptors (Lipinski definition) is 5. The molecule has 0 radical (unpaired) electrons. The fourth-order valence-electron chi connectivity index (χ4n) is 3.61. The fourth-order valence-corrected chi connectivity index (χ4v) is 3.61. The first-order valence-electron chi connectivity index (χ1n) is 10.1. The molecule has 0 spiro atoms. The molecule has 164 valence electrons. The minimum Gasteiger partial charge on any atom is -0.494 e. The van der Waals surface area contributed by atoms with Crippen LogP contribution in [0.4, 0.5) is 19.0 Å². The molecule has 5 rings (SSSR count). The van der Waals surface area contributed by atoms with Gasteiger partial charge in [0.1, 0.15) is 5.82 Å². The van der Waals surface area contributed by atoms with Crippen LogP contribution < -0.4 is 5.32 Å². The molecule has 32 heavy (non-hydrogen) atoms. The van der Waals surface area contributed by atoms with Crippen LogP contribution in [0.3, 0.4) is 0 Å². The molecule has 1 fully saturated rings. The van der Waals surface area contributed by atoms with E-state index in [-0.39, 0.29) is 35.7 Å². The number of aromatic hydroxyl groups is 2. The Bertz CT molecular complexity index is 1290. The van der Waals surface area contributed by atoms with Gasteiger partial charge in [-0.1, -0.05) is 24.3 Å². The summed E-state index contributed by atoms with van der Waals surface area (Å²) in [6.45, 7) is 0.263. The van der Waals surface area contributed by atoms with Gasteiger partial charge in [-0.05, 0) is 47.7 Å². The summed E-state index contributed by atoms with van der Waals surface area (Å²) in [7, 11) is 0. The van der Waals surface area contributed by atoms with E-state index in [1.54, 1.807) is 18.2 Å². The first-order valence-corrected chi connectivity index (χ1v) is 10.1. The molecule has 6 nitrogen and oxygen atoms in total. The number of nitrogens with one attached hydrogen (secondary N) is 1. The van der Waals surface area contributed by atoms with Crippen LogP contribution in [0.5, 0.6) is 11.8 Å². The van der Waals surface area contributed by atoms with Crippen molar-refractivity contribution in [3.05, 3.63) is 66.0 Å². The topological polar surface area (TPSA) is 83.2 Å². The monoisotopic (exact) mass is 440 g/mol. The van der Waals surface area contributed by atoms with Crippen molar-refractivity contribution in [3.63, 3.8) is 0 Å². The van der Waals surface area contributed by atoms with Crippen LogP contribution >= 0.6 is 0 Å². The van der Waals surface area contributed by atoms with Gasteiger partial charge in [-0.25, -0.2) is 9.97 Å². The number of rotatable bonds is 5. The van der Waals surface area contributed by atoms with Gasteiger partial charge < -0.3 is 15.5 Å². The summed E-state index contributed by atoms with van der Waals surface area (Å²) in [5, 5.41) is 23.4. The Balaban J connectivity index is 1.54. The fraction of sp³-hybridized carbons (Fsp3) is 0.217. The van der Waals surface area contributed by atoms with Crippen molar-refractivity contribution in [3.8, 4) is 22.9 Å². The quantitative estimate of drug-likeness (QED) is 0.400. The molecule has 9 heteroatoms. The molecule has 0 amide bonds. The normalized spacial score (nSPS) is 14.1. The lowest BCUT2D eigenvalue weighted by molar-refractivity contribution is -0.144. The number of hydrogen-bond donors (Lipinski definition) is 3. The summed E-state index contributed by atoms with van der Waals surface area (Å²) in [6.07, 6.45) is -2.84. The summed E-state index contributed by atoms with van der Waals surface area (Å²) in [5.74, 6) is -1.07. The molecule has 0 saturated heterocycles. The van der Waals surface area contributed by atoms with Crippen molar-refractivity contribution < 1.29 is 23.4 Å². The van der Waals surface area contributed by atoms with E-state index in [2.05, 4.69) is 15.3 Å². The van der Waals surface area contributed by atoms with E-state index in [4.69, 9.17) is 0 Å². The summed E-state index contributed by atoms with van der Waals surface area (Å²) < 4.78 is 41.1. The Hall–Kier alpha value is -3.75. The Kier molecular flexibility index (Phi) is 4.69. The maximum Gasteiger partial charge on any atom is 0.451 e. The van der Waals surface area contributed by atoms with E-state index >= 15 is 0 Å². The van der Waals surface area contributed by atoms with Gasteiger partial charge in [0.15, 0.2) is 11.8 Å². The zero-order valence-electron chi connectivity index (χ0n) is 16.8. The largest absolute Gasteiger partial charge is 0.494 e. The van der Waals surface area contributed by atoms with Crippen LogP contribution in [0.15, 0.2) is 54.6 Å². The summed E-state index contributed by atoms with van der Waals surface area (Å²) in [4.78, 5) is 7.49. The van der Waals surface area contributed by atoms with Gasteiger partial charge in [-0.15, -0.1) is 0 Å². The van der Waals surface area contributed by atoms with Gasteiger partial charge in [0.25, 0.3) is 0 Å². The Morgan fingerprint density at radius 1 is 0.938 bits per heavy atom. The molecule has 2 aromatic heterocycles. The average Bonchev–Trinajstić information content (AvgIpc) is 3.53. The average molecular weight is 440 g/mol. The molecule has 1 aliphatic rings. The van der Waals surface area contributed by atoms with E-state index in [1.165, 1.54) is 16.7 Å². The van der Waals surface area contributed by atoms with Crippen molar-refractivity contribution in [1.29, 1.82) is 0 Å². The molecule has 0 atom stereocenters. The molecule has 0 bridgehead atoms. The number of anilines is 1. The van der Waals surface area contributed by atoms with E-state index in [0.717, 1.165) is 29.5 Å². The molecule has 2 aromatic carbocycles. The molecular weight excluding hydrogens is 421 g/mol. The molecule has 2 heterocycles. The third-order valence-corrected chi connectivity index (χ3v) is 5.40. The van der Waals surface area contributed by atoms with Crippen LogP contribution in [0.1, 0.15) is 24.2 Å². The first-order chi connectivity index (χ1) is 15.3. The van der Waals surface area contributed by atoms with E-state index < -0.39 is 12.0 Å². The van der Waals surface area contributed by atoms with E-state index in [9.17, 15) is 23.4 Å². The summed E-state index contributed by atoms with van der Waals surface area (Å²) in [6, 6.07) is 15.5. The second-order valence-corrected chi connectivity index (χ2v) is 7.88. The van der Waals surface area contributed by atoms with Crippen LogP contribution in [-0.4, -0.2) is 30.8 Å². The maximum atomic E-state index is 13.3. The van der Waals surface area contributed by atoms with Crippen molar-refractivity contribution in [2.75, 3.05) is 5.32 Å². The highest BCUT2D eigenvalue weighted by atomic mass is 19.4. The van der Waals surface area contributed by atoms with Gasteiger partial charge in [-0.3, -0.25) is 4.57 Å². The predicted molar refractivity (Wildman–Crippen MR) is 113 cm³/mol. The highest BCUT2D eigenvalue weighted by Gasteiger charge is 2.36. The number of fused-ring (bicyclic) bond motifs is 1. The van der Waals surface area contributed by atoms with E-state index in [1.807, 2.05) is 24.3 Å². The number of aromatic nitrogens is 3. The summed E-state index contributed by atoms with van der Waals surface area (Å²) in [5.41, 5.74) is 2.69. The van der Waals surface area contributed by atoms with Gasteiger partial charge in [-0.2, -0.15) is 13.2 Å². The van der Waals surface area contributed by atoms with Gasteiger partial charge in [0, 0.05) is 23.6 Å². The number of halogens is 3. The van der Waals surface area contributed by atoms with Crippen LogP contribution in [-0.2, 0) is 12.7 Å². The first kappa shape index (κ1) is 20.2. The zero-order valence-corrected chi connectivity index (χ0v) is 16.8. The van der Waals surface area contributed by atoms with Gasteiger partial charge in [0.05, 0.1) is 12.1 Å². The predicted octanol–water partition coefficient (Wildman–Crippen LogP) is 5.15. The number of alkyl halides is 3. The third-order valence-electron chi connectivity index (χ3n) is 5.40. The number of benzene rings is 2. The van der Waals surface area contributed by atoms with Crippen molar-refractivity contribution in [2.24, 2.45) is 0 Å². The maximum absolute atomic E-state index is 13.3. The molecule has 0 unspecified atom stereocenters. The lowest BCUT2D eigenvalue weighted by Crippen LogP contribution is -2.14. The molecule has 3 N–H and O–H groups in total. The highest BCUT2D eigenvalue weighted by Crippen LogP contribution is 2.35.